The zero-order valence-electron chi connectivity index (χ0n) is 25.6. The molecule has 21 heteroatoms. The molecule has 268 valence electrons. The van der Waals surface area contributed by atoms with Crippen molar-refractivity contribution < 1.29 is 72.4 Å². The number of carboxylic acid groups (broad SMARTS) is 4. The van der Waals surface area contributed by atoms with Crippen molar-refractivity contribution >= 4 is 49.3 Å². The second kappa shape index (κ2) is 21.4. The van der Waals surface area contributed by atoms with Gasteiger partial charge in [-0.15, -0.1) is 0 Å². The highest BCUT2D eigenvalue weighted by Gasteiger charge is 2.30. The van der Waals surface area contributed by atoms with E-state index in [0.717, 1.165) is 12.3 Å². The number of aromatic nitrogens is 1. The summed E-state index contributed by atoms with van der Waals surface area (Å²) >= 11 is 0. The number of nitrogens with one attached hydrogen (secondary N) is 4. The lowest BCUT2D eigenvalue weighted by Crippen LogP contribution is -2.44. The van der Waals surface area contributed by atoms with E-state index in [4.69, 9.17) is 14.7 Å². The van der Waals surface area contributed by atoms with Crippen molar-refractivity contribution in [2.45, 2.75) is 82.3 Å². The molecular weight excluding hydrogens is 667 g/mol. The van der Waals surface area contributed by atoms with E-state index in [1.807, 2.05) is 5.09 Å². The average Bonchev–Trinajstić information content (AvgIpc) is 3.00. The van der Waals surface area contributed by atoms with E-state index in [-0.39, 0.29) is 37.8 Å². The quantitative estimate of drug-likeness (QED) is 0.0373. The molecule has 0 aliphatic carbocycles. The van der Waals surface area contributed by atoms with Gasteiger partial charge in [0.2, 0.25) is 17.8 Å². The van der Waals surface area contributed by atoms with Crippen LogP contribution >= 0.6 is 7.75 Å². The highest BCUT2D eigenvalue weighted by atomic mass is 31.2. The van der Waals surface area contributed by atoms with Gasteiger partial charge in [0.25, 0.3) is 5.91 Å². The molecule has 4 atom stereocenters. The summed E-state index contributed by atoms with van der Waals surface area (Å²) in [6.07, 6.45) is -0.000265. The molecule has 1 heterocycles. The van der Waals surface area contributed by atoms with Gasteiger partial charge in [-0.1, -0.05) is 6.42 Å². The first-order valence-electron chi connectivity index (χ1n) is 14.6. The van der Waals surface area contributed by atoms with Crippen molar-refractivity contribution in [2.24, 2.45) is 0 Å². The predicted molar refractivity (Wildman–Crippen MR) is 160 cm³/mol. The molecule has 1 aromatic heterocycles. The molecule has 0 aromatic carbocycles. The smallest absolute Gasteiger partial charge is 0.403 e. The number of amides is 3. The number of halogens is 1. The number of hydrogen-bond donors (Lipinski definition) is 9. The topological polar surface area (TPSA) is 308 Å². The van der Waals surface area contributed by atoms with Crippen LogP contribution in [0.5, 0.6) is 0 Å². The first kappa shape index (κ1) is 41.5. The van der Waals surface area contributed by atoms with E-state index in [1.165, 1.54) is 6.07 Å². The Kier molecular flexibility index (Phi) is 18.5. The van der Waals surface area contributed by atoms with Gasteiger partial charge < -0.3 is 41.3 Å². The van der Waals surface area contributed by atoms with E-state index in [0.29, 0.717) is 19.3 Å². The minimum absolute atomic E-state index is 0.0371. The Bertz CT molecular complexity index is 1330. The lowest BCUT2D eigenvalue weighted by atomic mass is 10.1. The van der Waals surface area contributed by atoms with Gasteiger partial charge in [-0.3, -0.25) is 28.5 Å². The summed E-state index contributed by atoms with van der Waals surface area (Å²) in [5, 5.41) is 45.5. The number of unbranched alkanes of at least 4 members (excludes halogenated alkanes) is 2. The molecule has 3 amide bonds. The van der Waals surface area contributed by atoms with Crippen molar-refractivity contribution in [3.63, 3.8) is 0 Å². The van der Waals surface area contributed by atoms with E-state index in [2.05, 4.69) is 20.9 Å². The lowest BCUT2D eigenvalue weighted by Gasteiger charge is -2.19. The molecule has 9 N–H and O–H groups in total. The maximum atomic E-state index is 12.8. The molecule has 0 aliphatic heterocycles. The summed E-state index contributed by atoms with van der Waals surface area (Å²) in [6.45, 7) is -0.265. The molecule has 0 saturated carbocycles. The predicted octanol–water partition coefficient (Wildman–Crippen LogP) is 0.235. The van der Waals surface area contributed by atoms with E-state index < -0.39 is 99.3 Å². The molecule has 48 heavy (non-hydrogen) atoms. The van der Waals surface area contributed by atoms with Gasteiger partial charge in [0.15, 0.2) is 0 Å². The van der Waals surface area contributed by atoms with Crippen molar-refractivity contribution in [2.75, 3.05) is 13.2 Å². The third kappa shape index (κ3) is 18.0. The molecule has 0 radical (unpaired) electrons. The number of nitrogens with zero attached hydrogens (tertiary/aromatic N) is 1. The molecule has 0 bridgehead atoms. The van der Waals surface area contributed by atoms with Crippen LogP contribution in [0.1, 0.15) is 74.6 Å². The number of rotatable bonds is 25. The van der Waals surface area contributed by atoms with Crippen molar-refractivity contribution in [3.05, 3.63) is 29.8 Å². The fraction of sp³-hybridized carbons (Fsp3) is 0.556. The Morgan fingerprint density at radius 2 is 1.35 bits per heavy atom. The van der Waals surface area contributed by atoms with E-state index in [9.17, 15) is 57.6 Å². The lowest BCUT2D eigenvalue weighted by molar-refractivity contribution is -0.143. The standard InChI is InChI=1S/C27H39FN5O14P/c28-20-10-7-16(15-30-20)24(38)29-13-3-1-2-6-21(34)32-18(26(41)42)8-11-22(35)31-17(25(39)40)5-4-14-47-48(45,46)33-19(27(43)44)9-12-23(36)37/h7,10,15,17-19H,1-6,8-9,11-14H2,(H,29,38)(H,31,35)(H,32,34)(H,36,37)(H,39,40)(H,41,42)(H,43,44)(H2,33,45,46)/t17-,18-,19-/m0/s1/i28-1. The summed E-state index contributed by atoms with van der Waals surface area (Å²) in [5.74, 6) is -8.41. The highest BCUT2D eigenvalue weighted by molar-refractivity contribution is 7.50. The number of carbonyl (C=O) groups is 7. The highest BCUT2D eigenvalue weighted by Crippen LogP contribution is 2.38. The second-order valence-corrected chi connectivity index (χ2v) is 11.9. The summed E-state index contributed by atoms with van der Waals surface area (Å²) in [7, 11) is -4.72. The summed E-state index contributed by atoms with van der Waals surface area (Å²) in [6, 6.07) is -2.31. The van der Waals surface area contributed by atoms with Gasteiger partial charge >= 0.3 is 31.6 Å². The van der Waals surface area contributed by atoms with Crippen LogP contribution in [0.25, 0.3) is 0 Å². The van der Waals surface area contributed by atoms with Crippen LogP contribution < -0.4 is 21.0 Å². The first-order chi connectivity index (χ1) is 22.5. The van der Waals surface area contributed by atoms with E-state index >= 15 is 0 Å². The minimum atomic E-state index is -4.72. The summed E-state index contributed by atoms with van der Waals surface area (Å²) in [4.78, 5) is 94.7. The molecule has 1 rings (SSSR count). The minimum Gasteiger partial charge on any atom is -0.481 e. The van der Waals surface area contributed by atoms with Crippen LogP contribution in [0.3, 0.4) is 0 Å². The van der Waals surface area contributed by atoms with Crippen molar-refractivity contribution in [1.82, 2.24) is 26.0 Å². The largest absolute Gasteiger partial charge is 0.481 e. The number of hydrogen-bond acceptors (Lipinski definition) is 10. The number of carbonyl (C=O) groups excluding carboxylic acids is 3. The molecule has 0 aliphatic rings. The Balaban J connectivity index is 2.40. The second-order valence-electron chi connectivity index (χ2n) is 10.3. The van der Waals surface area contributed by atoms with Gasteiger partial charge in [-0.2, -0.15) is 4.39 Å². The SMILES string of the molecule is O=C(O)CC[C@H](NP(=O)(O)OCCC[C@H](NC(=O)CC[C@H](NC(=O)CCCCCNC(=O)c1ccc([18F])nc1)C(=O)O)C(=O)O)C(=O)O. The van der Waals surface area contributed by atoms with Crippen LogP contribution in [-0.2, 0) is 37.9 Å². The zero-order valence-corrected chi connectivity index (χ0v) is 26.5. The zero-order chi connectivity index (χ0) is 36.3. The van der Waals surface area contributed by atoms with Gasteiger partial charge in [-0.05, 0) is 50.7 Å². The maximum Gasteiger partial charge on any atom is 0.403 e. The van der Waals surface area contributed by atoms with Gasteiger partial charge in [-0.25, -0.2) is 24.2 Å². The van der Waals surface area contributed by atoms with Crippen LogP contribution in [0, 0.1) is 5.95 Å². The Morgan fingerprint density at radius 1 is 0.771 bits per heavy atom. The monoisotopic (exact) mass is 706 g/mol. The Morgan fingerprint density at radius 3 is 1.92 bits per heavy atom. The van der Waals surface area contributed by atoms with E-state index in [1.54, 1.807) is 0 Å². The van der Waals surface area contributed by atoms with Crippen molar-refractivity contribution in [3.8, 4) is 0 Å². The molecule has 0 spiro atoms. The van der Waals surface area contributed by atoms with Crippen LogP contribution in [0.2, 0.25) is 0 Å². The van der Waals surface area contributed by atoms with Crippen LogP contribution in [-0.4, -0.2) is 103 Å². The van der Waals surface area contributed by atoms with Gasteiger partial charge in [0, 0.05) is 32.0 Å². The third-order valence-electron chi connectivity index (χ3n) is 6.45. The fourth-order valence-electron chi connectivity index (χ4n) is 3.95. The summed E-state index contributed by atoms with van der Waals surface area (Å²) < 4.78 is 29.7. The van der Waals surface area contributed by atoms with Gasteiger partial charge in [0.05, 0.1) is 12.2 Å². The number of pyridine rings is 1. The van der Waals surface area contributed by atoms with Gasteiger partial charge in [0.1, 0.15) is 18.1 Å². The molecule has 0 fully saturated rings. The fourth-order valence-corrected chi connectivity index (χ4v) is 5.03. The molecule has 0 saturated heterocycles. The number of aliphatic carboxylic acids is 4. The van der Waals surface area contributed by atoms with Crippen LogP contribution in [0.15, 0.2) is 18.3 Å². The average molecular weight is 707 g/mol. The Labute approximate surface area is 273 Å². The molecule has 1 unspecified atom stereocenters. The van der Waals surface area contributed by atoms with Crippen molar-refractivity contribution in [1.29, 1.82) is 0 Å². The normalized spacial score (nSPS) is 14.0. The summed E-state index contributed by atoms with van der Waals surface area (Å²) in [5.41, 5.74) is 0.184. The van der Waals surface area contributed by atoms with Crippen LogP contribution in [0.4, 0.5) is 4.39 Å². The number of carboxylic acids is 4. The molecule has 1 aromatic rings. The maximum absolute atomic E-state index is 12.8. The first-order valence-corrected chi connectivity index (χ1v) is 16.2. The Hall–Kier alpha value is -4.52. The molecular formula is C27H39FN5O14P. The molecule has 19 nitrogen and oxygen atoms in total. The third-order valence-corrected chi connectivity index (χ3v) is 7.62.